The Kier molecular flexibility index (Phi) is 4.58. The van der Waals surface area contributed by atoms with Crippen molar-refractivity contribution < 1.29 is 9.53 Å². The van der Waals surface area contributed by atoms with Crippen molar-refractivity contribution in [2.24, 2.45) is 0 Å². The number of carbonyl (C=O) groups excluding carboxylic acids is 1. The SMILES string of the molecule is CC(C)(C)OC(=O)NCC=Cc1cccc2ccncc12. The Hall–Kier alpha value is -2.36. The minimum absolute atomic E-state index is 0.410. The van der Waals surface area contributed by atoms with E-state index in [9.17, 15) is 4.79 Å². The molecule has 0 atom stereocenters. The lowest BCUT2D eigenvalue weighted by molar-refractivity contribution is 0.0534. The van der Waals surface area contributed by atoms with Gasteiger partial charge in [-0.3, -0.25) is 4.98 Å². The van der Waals surface area contributed by atoms with E-state index >= 15 is 0 Å². The molecular weight excluding hydrogens is 264 g/mol. The van der Waals surface area contributed by atoms with Crippen LogP contribution in [0.4, 0.5) is 4.79 Å². The number of pyridine rings is 1. The molecule has 2 rings (SSSR count). The molecule has 0 aliphatic heterocycles. The number of fused-ring (bicyclic) bond motifs is 1. The van der Waals surface area contributed by atoms with Gasteiger partial charge in [0.2, 0.25) is 0 Å². The Balaban J connectivity index is 1.96. The fourth-order valence-corrected chi connectivity index (χ4v) is 1.92. The highest BCUT2D eigenvalue weighted by Crippen LogP contribution is 2.18. The second kappa shape index (κ2) is 6.39. The third kappa shape index (κ3) is 4.60. The Labute approximate surface area is 124 Å². The maximum absolute atomic E-state index is 11.5. The predicted molar refractivity (Wildman–Crippen MR) is 85.0 cm³/mol. The zero-order valence-electron chi connectivity index (χ0n) is 12.6. The molecule has 0 bridgehead atoms. The maximum atomic E-state index is 11.5. The molecule has 1 N–H and O–H groups in total. The van der Waals surface area contributed by atoms with Crippen LogP contribution in [0, 0.1) is 0 Å². The summed E-state index contributed by atoms with van der Waals surface area (Å²) in [5, 5.41) is 4.93. The van der Waals surface area contributed by atoms with Crippen molar-refractivity contribution in [2.75, 3.05) is 6.54 Å². The lowest BCUT2D eigenvalue weighted by atomic mass is 10.1. The number of amides is 1. The topological polar surface area (TPSA) is 51.2 Å². The van der Waals surface area contributed by atoms with Gasteiger partial charge in [0.05, 0.1) is 0 Å². The Bertz CT molecular complexity index is 652. The summed E-state index contributed by atoms with van der Waals surface area (Å²) in [4.78, 5) is 15.7. The highest BCUT2D eigenvalue weighted by molar-refractivity contribution is 5.89. The average Bonchev–Trinajstić information content (AvgIpc) is 2.42. The van der Waals surface area contributed by atoms with Crippen LogP contribution >= 0.6 is 0 Å². The van der Waals surface area contributed by atoms with Gasteiger partial charge >= 0.3 is 6.09 Å². The summed E-state index contributed by atoms with van der Waals surface area (Å²) in [7, 11) is 0. The summed E-state index contributed by atoms with van der Waals surface area (Å²) in [5.74, 6) is 0. The minimum atomic E-state index is -0.477. The first-order valence-electron chi connectivity index (χ1n) is 6.92. The van der Waals surface area contributed by atoms with Gasteiger partial charge in [-0.2, -0.15) is 0 Å². The van der Waals surface area contributed by atoms with Crippen LogP contribution in [0.3, 0.4) is 0 Å². The van der Waals surface area contributed by atoms with Gasteiger partial charge in [0.1, 0.15) is 5.60 Å². The molecule has 21 heavy (non-hydrogen) atoms. The van der Waals surface area contributed by atoms with Crippen LogP contribution in [-0.2, 0) is 4.74 Å². The molecule has 2 aromatic rings. The summed E-state index contributed by atoms with van der Waals surface area (Å²) >= 11 is 0. The van der Waals surface area contributed by atoms with Crippen molar-refractivity contribution in [1.82, 2.24) is 10.3 Å². The zero-order chi connectivity index (χ0) is 15.3. The van der Waals surface area contributed by atoms with Crippen molar-refractivity contribution in [3.63, 3.8) is 0 Å². The standard InChI is InChI=1S/C17H20N2O2/c1-17(2,3)21-16(20)19-10-5-8-13-6-4-7-14-9-11-18-12-15(13)14/h4-9,11-12H,10H2,1-3H3,(H,19,20). The van der Waals surface area contributed by atoms with Crippen molar-refractivity contribution in [2.45, 2.75) is 26.4 Å². The highest BCUT2D eigenvalue weighted by atomic mass is 16.6. The normalized spacial score (nSPS) is 11.8. The first-order chi connectivity index (χ1) is 9.96. The minimum Gasteiger partial charge on any atom is -0.444 e. The van der Waals surface area contributed by atoms with Gasteiger partial charge in [-0.15, -0.1) is 0 Å². The Morgan fingerprint density at radius 1 is 1.33 bits per heavy atom. The maximum Gasteiger partial charge on any atom is 0.407 e. The van der Waals surface area contributed by atoms with E-state index in [4.69, 9.17) is 4.74 Å². The van der Waals surface area contributed by atoms with Crippen LogP contribution in [0.5, 0.6) is 0 Å². The van der Waals surface area contributed by atoms with Crippen molar-refractivity contribution in [1.29, 1.82) is 0 Å². The predicted octanol–water partition coefficient (Wildman–Crippen LogP) is 3.77. The molecular formula is C17H20N2O2. The van der Waals surface area contributed by atoms with Gasteiger partial charge < -0.3 is 10.1 Å². The third-order valence-corrected chi connectivity index (χ3v) is 2.78. The number of carbonyl (C=O) groups is 1. The number of rotatable bonds is 3. The Morgan fingerprint density at radius 3 is 2.90 bits per heavy atom. The summed E-state index contributed by atoms with van der Waals surface area (Å²) in [6.45, 7) is 5.94. The number of nitrogens with one attached hydrogen (secondary N) is 1. The second-order valence-corrected chi connectivity index (χ2v) is 5.73. The fourth-order valence-electron chi connectivity index (χ4n) is 1.92. The number of alkyl carbamates (subject to hydrolysis) is 1. The molecule has 0 unspecified atom stereocenters. The molecule has 0 aliphatic carbocycles. The number of benzene rings is 1. The summed E-state index contributed by atoms with van der Waals surface area (Å²) in [6, 6.07) is 8.05. The first-order valence-corrected chi connectivity index (χ1v) is 6.92. The smallest absolute Gasteiger partial charge is 0.407 e. The quantitative estimate of drug-likeness (QED) is 0.933. The molecule has 0 saturated heterocycles. The lowest BCUT2D eigenvalue weighted by Gasteiger charge is -2.19. The van der Waals surface area contributed by atoms with Crippen molar-refractivity contribution in [3.8, 4) is 0 Å². The molecule has 0 saturated carbocycles. The molecule has 0 aliphatic rings. The molecule has 0 radical (unpaired) electrons. The van der Waals surface area contributed by atoms with Crippen molar-refractivity contribution in [3.05, 3.63) is 48.3 Å². The van der Waals surface area contributed by atoms with E-state index in [0.717, 1.165) is 16.3 Å². The van der Waals surface area contributed by atoms with E-state index in [1.807, 2.05) is 63.4 Å². The summed E-state index contributed by atoms with van der Waals surface area (Å²) in [5.41, 5.74) is 0.598. The zero-order valence-corrected chi connectivity index (χ0v) is 12.6. The molecule has 110 valence electrons. The van der Waals surface area contributed by atoms with Crippen LogP contribution in [0.15, 0.2) is 42.7 Å². The monoisotopic (exact) mass is 284 g/mol. The van der Waals surface area contributed by atoms with Gasteiger partial charge in [-0.25, -0.2) is 4.79 Å². The largest absolute Gasteiger partial charge is 0.444 e. The molecule has 4 heteroatoms. The van der Waals surface area contributed by atoms with E-state index < -0.39 is 11.7 Å². The van der Waals surface area contributed by atoms with E-state index in [1.54, 1.807) is 6.20 Å². The Morgan fingerprint density at radius 2 is 2.14 bits per heavy atom. The molecule has 4 nitrogen and oxygen atoms in total. The van der Waals surface area contributed by atoms with Crippen LogP contribution in [0.25, 0.3) is 16.8 Å². The van der Waals surface area contributed by atoms with Crippen LogP contribution < -0.4 is 5.32 Å². The van der Waals surface area contributed by atoms with E-state index in [1.165, 1.54) is 0 Å². The number of aromatic nitrogens is 1. The van der Waals surface area contributed by atoms with E-state index in [2.05, 4.69) is 10.3 Å². The van der Waals surface area contributed by atoms with Crippen molar-refractivity contribution >= 4 is 22.9 Å². The summed E-state index contributed by atoms with van der Waals surface area (Å²) < 4.78 is 5.17. The number of ether oxygens (including phenoxy) is 1. The van der Waals surface area contributed by atoms with Crippen LogP contribution in [0.1, 0.15) is 26.3 Å². The molecule has 1 amide bonds. The van der Waals surface area contributed by atoms with Crippen LogP contribution in [-0.4, -0.2) is 23.2 Å². The highest BCUT2D eigenvalue weighted by Gasteiger charge is 2.14. The first kappa shape index (κ1) is 15.0. The van der Waals surface area contributed by atoms with Crippen LogP contribution in [0.2, 0.25) is 0 Å². The number of hydrogen-bond donors (Lipinski definition) is 1. The van der Waals surface area contributed by atoms with Gasteiger partial charge in [0, 0.05) is 24.3 Å². The molecule has 1 aromatic heterocycles. The molecule has 1 aromatic carbocycles. The molecule has 1 heterocycles. The van der Waals surface area contributed by atoms with E-state index in [-0.39, 0.29) is 0 Å². The van der Waals surface area contributed by atoms with Gasteiger partial charge in [-0.1, -0.05) is 30.4 Å². The molecule has 0 fully saturated rings. The lowest BCUT2D eigenvalue weighted by Crippen LogP contribution is -2.32. The van der Waals surface area contributed by atoms with Gasteiger partial charge in [0.25, 0.3) is 0 Å². The summed E-state index contributed by atoms with van der Waals surface area (Å²) in [6.07, 6.45) is 7.08. The second-order valence-electron chi connectivity index (χ2n) is 5.73. The number of hydrogen-bond acceptors (Lipinski definition) is 3. The average molecular weight is 284 g/mol. The van der Waals surface area contributed by atoms with E-state index in [0.29, 0.717) is 6.54 Å². The third-order valence-electron chi connectivity index (χ3n) is 2.78. The van der Waals surface area contributed by atoms with Gasteiger partial charge in [-0.05, 0) is 37.8 Å². The molecule has 0 spiro atoms. The fraction of sp³-hybridized carbons (Fsp3) is 0.294. The van der Waals surface area contributed by atoms with Gasteiger partial charge in [0.15, 0.2) is 0 Å². The number of nitrogens with zero attached hydrogens (tertiary/aromatic N) is 1.